The molecule has 0 spiro atoms. The molecule has 2 N–H and O–H groups in total. The van der Waals surface area contributed by atoms with E-state index >= 15 is 0 Å². The van der Waals surface area contributed by atoms with Crippen LogP contribution in [0.5, 0.6) is 0 Å². The molecule has 96 valence electrons. The van der Waals surface area contributed by atoms with Gasteiger partial charge < -0.3 is 15.4 Å². The van der Waals surface area contributed by atoms with Gasteiger partial charge in [-0.3, -0.25) is 0 Å². The van der Waals surface area contributed by atoms with Crippen LogP contribution in [0, 0.1) is 0 Å². The zero-order chi connectivity index (χ0) is 12.5. The number of nitrogens with two attached hydrogens (primary N) is 1. The van der Waals surface area contributed by atoms with E-state index in [4.69, 9.17) is 10.5 Å². The SMILES string of the molecule is CC1CN(c2ccn3nccc3n2)CC(CN)O1. The van der Waals surface area contributed by atoms with Crippen molar-refractivity contribution in [3.63, 3.8) is 0 Å². The van der Waals surface area contributed by atoms with Crippen molar-refractivity contribution in [3.8, 4) is 0 Å². The van der Waals surface area contributed by atoms with Crippen molar-refractivity contribution in [3.05, 3.63) is 24.5 Å². The number of aromatic nitrogens is 3. The van der Waals surface area contributed by atoms with Crippen LogP contribution in [0.2, 0.25) is 0 Å². The molecule has 3 rings (SSSR count). The van der Waals surface area contributed by atoms with Gasteiger partial charge in [0, 0.05) is 31.9 Å². The Balaban J connectivity index is 1.88. The highest BCUT2D eigenvalue weighted by Crippen LogP contribution is 2.18. The number of morpholine rings is 1. The Hall–Kier alpha value is -1.66. The van der Waals surface area contributed by atoms with Crippen LogP contribution in [0.1, 0.15) is 6.92 Å². The molecule has 6 nitrogen and oxygen atoms in total. The summed E-state index contributed by atoms with van der Waals surface area (Å²) in [4.78, 5) is 6.81. The van der Waals surface area contributed by atoms with E-state index in [1.165, 1.54) is 0 Å². The number of hydrogen-bond donors (Lipinski definition) is 1. The molecule has 0 saturated carbocycles. The molecule has 0 bridgehead atoms. The molecule has 0 aliphatic carbocycles. The fourth-order valence-electron chi connectivity index (χ4n) is 2.34. The fraction of sp³-hybridized carbons (Fsp3) is 0.500. The molecule has 0 radical (unpaired) electrons. The van der Waals surface area contributed by atoms with Crippen LogP contribution >= 0.6 is 0 Å². The molecule has 2 aromatic rings. The highest BCUT2D eigenvalue weighted by Gasteiger charge is 2.25. The number of anilines is 1. The van der Waals surface area contributed by atoms with Crippen LogP contribution in [-0.4, -0.2) is 46.4 Å². The molecule has 2 aromatic heterocycles. The lowest BCUT2D eigenvalue weighted by atomic mass is 10.2. The molecule has 2 atom stereocenters. The number of nitrogens with zero attached hydrogens (tertiary/aromatic N) is 4. The highest BCUT2D eigenvalue weighted by atomic mass is 16.5. The van der Waals surface area contributed by atoms with E-state index in [0.29, 0.717) is 6.54 Å². The maximum atomic E-state index is 5.75. The predicted octanol–water partition coefficient (Wildman–Crippen LogP) is 0.282. The molecule has 0 amide bonds. The minimum atomic E-state index is 0.0803. The predicted molar refractivity (Wildman–Crippen MR) is 68.6 cm³/mol. The molecule has 6 heteroatoms. The Morgan fingerprint density at radius 3 is 3.17 bits per heavy atom. The molecular formula is C12H17N5O. The first kappa shape index (κ1) is 11.4. The van der Waals surface area contributed by atoms with Gasteiger partial charge in [0.2, 0.25) is 0 Å². The zero-order valence-corrected chi connectivity index (χ0v) is 10.4. The van der Waals surface area contributed by atoms with Crippen LogP contribution in [0.25, 0.3) is 5.65 Å². The van der Waals surface area contributed by atoms with Gasteiger partial charge >= 0.3 is 0 Å². The standard InChI is InChI=1S/C12H17N5O/c1-9-7-16(8-10(6-13)18-9)11-3-5-17-12(15-11)2-4-14-17/h2-5,9-10H,6-8,13H2,1H3. The summed E-state index contributed by atoms with van der Waals surface area (Å²) in [6.07, 6.45) is 3.93. The first-order valence-corrected chi connectivity index (χ1v) is 6.17. The Morgan fingerprint density at radius 1 is 1.44 bits per heavy atom. The minimum Gasteiger partial charge on any atom is -0.370 e. The lowest BCUT2D eigenvalue weighted by Crippen LogP contribution is -2.49. The smallest absolute Gasteiger partial charge is 0.157 e. The molecule has 1 saturated heterocycles. The van der Waals surface area contributed by atoms with Gasteiger partial charge in [-0.15, -0.1) is 0 Å². The van der Waals surface area contributed by atoms with Gasteiger partial charge in [0.1, 0.15) is 5.82 Å². The van der Waals surface area contributed by atoms with Crippen LogP contribution in [0.4, 0.5) is 5.82 Å². The van der Waals surface area contributed by atoms with Gasteiger partial charge in [-0.2, -0.15) is 5.10 Å². The number of fused-ring (bicyclic) bond motifs is 1. The molecule has 1 fully saturated rings. The van der Waals surface area contributed by atoms with Gasteiger partial charge in [0.25, 0.3) is 0 Å². The van der Waals surface area contributed by atoms with E-state index < -0.39 is 0 Å². The normalized spacial score (nSPS) is 24.7. The van der Waals surface area contributed by atoms with Crippen molar-refractivity contribution in [1.29, 1.82) is 0 Å². The summed E-state index contributed by atoms with van der Waals surface area (Å²) in [5, 5.41) is 4.14. The minimum absolute atomic E-state index is 0.0803. The van der Waals surface area contributed by atoms with Gasteiger partial charge in [0.15, 0.2) is 5.65 Å². The van der Waals surface area contributed by atoms with Crippen molar-refractivity contribution < 1.29 is 4.74 Å². The lowest BCUT2D eigenvalue weighted by molar-refractivity contribution is -0.0107. The maximum Gasteiger partial charge on any atom is 0.157 e. The van der Waals surface area contributed by atoms with Crippen molar-refractivity contribution in [2.24, 2.45) is 5.73 Å². The molecular weight excluding hydrogens is 230 g/mol. The van der Waals surface area contributed by atoms with Crippen LogP contribution in [0.15, 0.2) is 24.5 Å². The summed E-state index contributed by atoms with van der Waals surface area (Å²) in [6, 6.07) is 3.87. The van der Waals surface area contributed by atoms with Gasteiger partial charge in [-0.25, -0.2) is 9.50 Å². The summed E-state index contributed by atoms with van der Waals surface area (Å²) in [6.45, 7) is 4.23. The van der Waals surface area contributed by atoms with Gasteiger partial charge in [0.05, 0.1) is 18.4 Å². The topological polar surface area (TPSA) is 68.7 Å². The average Bonchev–Trinajstić information content (AvgIpc) is 2.85. The number of hydrogen-bond acceptors (Lipinski definition) is 5. The Bertz CT molecular complexity index is 540. The molecule has 1 aliphatic heterocycles. The summed E-state index contributed by atoms with van der Waals surface area (Å²) in [5.74, 6) is 0.955. The monoisotopic (exact) mass is 247 g/mol. The summed E-state index contributed by atoms with van der Waals surface area (Å²) >= 11 is 0. The Kier molecular flexibility index (Phi) is 2.89. The van der Waals surface area contributed by atoms with Crippen molar-refractivity contribution >= 4 is 11.5 Å². The van der Waals surface area contributed by atoms with Crippen molar-refractivity contribution in [2.75, 3.05) is 24.5 Å². The first-order chi connectivity index (χ1) is 8.76. The van der Waals surface area contributed by atoms with Crippen molar-refractivity contribution in [2.45, 2.75) is 19.1 Å². The van der Waals surface area contributed by atoms with E-state index in [0.717, 1.165) is 24.6 Å². The van der Waals surface area contributed by atoms with Crippen LogP contribution < -0.4 is 10.6 Å². The van der Waals surface area contributed by atoms with Gasteiger partial charge in [-0.1, -0.05) is 0 Å². The number of rotatable bonds is 2. The molecule has 1 aliphatic rings. The second-order valence-corrected chi connectivity index (χ2v) is 4.63. The summed E-state index contributed by atoms with van der Waals surface area (Å²) in [7, 11) is 0. The third kappa shape index (κ3) is 2.04. The van der Waals surface area contributed by atoms with E-state index in [1.54, 1.807) is 10.7 Å². The first-order valence-electron chi connectivity index (χ1n) is 6.17. The number of ether oxygens (including phenoxy) is 1. The zero-order valence-electron chi connectivity index (χ0n) is 10.4. The third-order valence-electron chi connectivity index (χ3n) is 3.16. The van der Waals surface area contributed by atoms with Gasteiger partial charge in [-0.05, 0) is 13.0 Å². The van der Waals surface area contributed by atoms with Crippen LogP contribution in [-0.2, 0) is 4.74 Å². The van der Waals surface area contributed by atoms with E-state index in [1.807, 2.05) is 18.3 Å². The van der Waals surface area contributed by atoms with E-state index in [2.05, 4.69) is 21.9 Å². The molecule has 2 unspecified atom stereocenters. The Labute approximate surface area is 105 Å². The molecule has 3 heterocycles. The maximum absolute atomic E-state index is 5.75. The van der Waals surface area contributed by atoms with Crippen molar-refractivity contribution in [1.82, 2.24) is 14.6 Å². The second-order valence-electron chi connectivity index (χ2n) is 4.63. The fourth-order valence-corrected chi connectivity index (χ4v) is 2.34. The third-order valence-corrected chi connectivity index (χ3v) is 3.16. The molecule has 18 heavy (non-hydrogen) atoms. The molecule has 0 aromatic carbocycles. The van der Waals surface area contributed by atoms with Crippen LogP contribution in [0.3, 0.4) is 0 Å². The largest absolute Gasteiger partial charge is 0.370 e. The average molecular weight is 247 g/mol. The van der Waals surface area contributed by atoms with E-state index in [-0.39, 0.29) is 12.2 Å². The highest BCUT2D eigenvalue weighted by molar-refractivity contribution is 5.47. The lowest BCUT2D eigenvalue weighted by Gasteiger charge is -2.37. The quantitative estimate of drug-likeness (QED) is 0.825. The summed E-state index contributed by atoms with van der Waals surface area (Å²) < 4.78 is 7.51. The Morgan fingerprint density at radius 2 is 2.33 bits per heavy atom. The second kappa shape index (κ2) is 4.55. The van der Waals surface area contributed by atoms with E-state index in [9.17, 15) is 0 Å². The summed E-state index contributed by atoms with van der Waals surface area (Å²) in [5.41, 5.74) is 6.55.